The Bertz CT molecular complexity index is 624. The van der Waals surface area contributed by atoms with Gasteiger partial charge in [0.05, 0.1) is 26.0 Å². The summed E-state index contributed by atoms with van der Waals surface area (Å²) in [6, 6.07) is 3.57. The van der Waals surface area contributed by atoms with Gasteiger partial charge in [-0.3, -0.25) is 4.90 Å². The molecule has 1 atom stereocenters. The summed E-state index contributed by atoms with van der Waals surface area (Å²) in [4.78, 5) is 7.21. The zero-order valence-electron chi connectivity index (χ0n) is 18.5. The quantitative estimate of drug-likeness (QED) is 0.271. The van der Waals surface area contributed by atoms with E-state index in [4.69, 9.17) is 9.15 Å². The van der Waals surface area contributed by atoms with Gasteiger partial charge in [0.1, 0.15) is 11.4 Å². The number of rotatable bonds is 8. The molecule has 1 unspecified atom stereocenters. The number of nitrogens with zero attached hydrogens (tertiary/aromatic N) is 2. The number of aliphatic imine (C=N–C) groups is 1. The highest BCUT2D eigenvalue weighted by atomic mass is 127. The van der Waals surface area contributed by atoms with Crippen LogP contribution in [-0.2, 0) is 10.3 Å². The van der Waals surface area contributed by atoms with Crippen molar-refractivity contribution in [3.8, 4) is 0 Å². The van der Waals surface area contributed by atoms with Gasteiger partial charge in [0, 0.05) is 38.1 Å². The van der Waals surface area contributed by atoms with E-state index in [9.17, 15) is 5.11 Å². The summed E-state index contributed by atoms with van der Waals surface area (Å²) in [6.07, 6.45) is 8.02. The molecule has 3 rings (SSSR count). The van der Waals surface area contributed by atoms with Gasteiger partial charge in [-0.15, -0.1) is 24.0 Å². The van der Waals surface area contributed by atoms with E-state index in [1.165, 1.54) is 32.1 Å². The van der Waals surface area contributed by atoms with E-state index in [-0.39, 0.29) is 35.9 Å². The van der Waals surface area contributed by atoms with Crippen LogP contribution in [0.25, 0.3) is 0 Å². The van der Waals surface area contributed by atoms with E-state index in [0.29, 0.717) is 5.76 Å². The Kier molecular flexibility index (Phi) is 10.4. The summed E-state index contributed by atoms with van der Waals surface area (Å²) in [6.45, 7) is 10.6. The average Bonchev–Trinajstić information content (AvgIpc) is 3.28. The lowest BCUT2D eigenvalue weighted by Gasteiger charge is -2.42. The fourth-order valence-electron chi connectivity index (χ4n) is 4.44. The molecular formula is C22H39IN4O3. The van der Waals surface area contributed by atoms with Crippen LogP contribution in [0.2, 0.25) is 0 Å². The van der Waals surface area contributed by atoms with Crippen LogP contribution in [0.5, 0.6) is 0 Å². The lowest BCUT2D eigenvalue weighted by Crippen LogP contribution is -2.51. The van der Waals surface area contributed by atoms with E-state index < -0.39 is 5.60 Å². The number of aliphatic hydroxyl groups is 1. The van der Waals surface area contributed by atoms with E-state index >= 15 is 0 Å². The predicted octanol–water partition coefficient (Wildman–Crippen LogP) is 2.94. The van der Waals surface area contributed by atoms with Gasteiger partial charge in [-0.05, 0) is 38.8 Å². The van der Waals surface area contributed by atoms with Gasteiger partial charge in [0.15, 0.2) is 5.96 Å². The van der Waals surface area contributed by atoms with Crippen LogP contribution >= 0.6 is 24.0 Å². The molecule has 0 radical (unpaired) electrons. The molecule has 0 amide bonds. The normalized spacial score (nSPS) is 22.0. The molecule has 1 aliphatic carbocycles. The van der Waals surface area contributed by atoms with Crippen LogP contribution in [0.3, 0.4) is 0 Å². The van der Waals surface area contributed by atoms with Crippen LogP contribution < -0.4 is 10.6 Å². The van der Waals surface area contributed by atoms with Crippen molar-refractivity contribution in [3.63, 3.8) is 0 Å². The highest BCUT2D eigenvalue weighted by Crippen LogP contribution is 2.36. The Balaban J connectivity index is 0.00000320. The highest BCUT2D eigenvalue weighted by Gasteiger charge is 2.34. The molecule has 1 aromatic rings. The predicted molar refractivity (Wildman–Crippen MR) is 130 cm³/mol. The lowest BCUT2D eigenvalue weighted by molar-refractivity contribution is 0.00818. The summed E-state index contributed by atoms with van der Waals surface area (Å²) in [5, 5.41) is 17.6. The van der Waals surface area contributed by atoms with Gasteiger partial charge >= 0.3 is 0 Å². The van der Waals surface area contributed by atoms with E-state index in [2.05, 4.69) is 27.4 Å². The zero-order chi connectivity index (χ0) is 20.6. The topological polar surface area (TPSA) is 82.3 Å². The van der Waals surface area contributed by atoms with Crippen molar-refractivity contribution in [2.24, 2.45) is 10.4 Å². The molecule has 1 aliphatic heterocycles. The molecular weight excluding hydrogens is 495 g/mol. The third-order valence-corrected chi connectivity index (χ3v) is 6.15. The largest absolute Gasteiger partial charge is 0.466 e. The van der Waals surface area contributed by atoms with Gasteiger partial charge in [-0.25, -0.2) is 4.99 Å². The lowest BCUT2D eigenvalue weighted by atomic mass is 9.73. The number of halogens is 1. The molecule has 30 heavy (non-hydrogen) atoms. The minimum atomic E-state index is -1.12. The maximum atomic E-state index is 10.7. The smallest absolute Gasteiger partial charge is 0.191 e. The molecule has 0 bridgehead atoms. The molecule has 1 saturated heterocycles. The third-order valence-electron chi connectivity index (χ3n) is 6.15. The van der Waals surface area contributed by atoms with Crippen molar-refractivity contribution in [3.05, 3.63) is 24.2 Å². The number of ether oxygens (including phenoxy) is 1. The summed E-state index contributed by atoms with van der Waals surface area (Å²) < 4.78 is 10.9. The Morgan fingerprint density at radius 1 is 1.23 bits per heavy atom. The number of hydrogen-bond acceptors (Lipinski definition) is 5. The highest BCUT2D eigenvalue weighted by molar-refractivity contribution is 14.0. The number of furan rings is 1. The fourth-order valence-corrected chi connectivity index (χ4v) is 4.44. The SMILES string of the molecule is CCNC(=NCC(C)(O)c1ccco1)NCC1(CN2CCOCC2)CCCCC1.I. The average molecular weight is 534 g/mol. The molecule has 1 aromatic heterocycles. The molecule has 2 aliphatic rings. The minimum absolute atomic E-state index is 0. The molecule has 7 nitrogen and oxygen atoms in total. The molecule has 0 spiro atoms. The van der Waals surface area contributed by atoms with E-state index in [0.717, 1.165) is 51.9 Å². The molecule has 1 saturated carbocycles. The summed E-state index contributed by atoms with van der Waals surface area (Å²) >= 11 is 0. The number of guanidine groups is 1. The van der Waals surface area contributed by atoms with Crippen LogP contribution in [0.15, 0.2) is 27.8 Å². The van der Waals surface area contributed by atoms with Gasteiger partial charge in [-0.2, -0.15) is 0 Å². The van der Waals surface area contributed by atoms with Gasteiger partial charge in [0.25, 0.3) is 0 Å². The number of hydrogen-bond donors (Lipinski definition) is 3. The first-order valence-corrected chi connectivity index (χ1v) is 11.1. The summed E-state index contributed by atoms with van der Waals surface area (Å²) in [5.41, 5.74) is -0.850. The summed E-state index contributed by atoms with van der Waals surface area (Å²) in [7, 11) is 0. The fraction of sp³-hybridized carbons (Fsp3) is 0.773. The third kappa shape index (κ3) is 7.39. The zero-order valence-corrected chi connectivity index (χ0v) is 20.8. The van der Waals surface area contributed by atoms with E-state index in [1.54, 1.807) is 25.3 Å². The van der Waals surface area contributed by atoms with Crippen LogP contribution in [0.4, 0.5) is 0 Å². The molecule has 3 N–H and O–H groups in total. The van der Waals surface area contributed by atoms with E-state index in [1.807, 2.05) is 0 Å². The second kappa shape index (κ2) is 12.3. The van der Waals surface area contributed by atoms with Crippen molar-refractivity contribution in [2.75, 3.05) is 52.5 Å². The summed E-state index contributed by atoms with van der Waals surface area (Å²) in [5.74, 6) is 1.29. The first-order chi connectivity index (χ1) is 14.0. The number of nitrogens with one attached hydrogen (secondary N) is 2. The monoisotopic (exact) mass is 534 g/mol. The number of morpholine rings is 1. The van der Waals surface area contributed by atoms with Crippen LogP contribution in [0, 0.1) is 5.41 Å². The molecule has 2 heterocycles. The Hall–Kier alpha value is -0.840. The first kappa shape index (κ1) is 25.4. The molecule has 0 aromatic carbocycles. The van der Waals surface area contributed by atoms with Gasteiger partial charge < -0.3 is 24.9 Å². The van der Waals surface area contributed by atoms with Gasteiger partial charge in [0.2, 0.25) is 0 Å². The van der Waals surface area contributed by atoms with Crippen molar-refractivity contribution in [1.82, 2.24) is 15.5 Å². The maximum Gasteiger partial charge on any atom is 0.191 e. The Morgan fingerprint density at radius 3 is 2.60 bits per heavy atom. The molecule has 8 heteroatoms. The van der Waals surface area contributed by atoms with Gasteiger partial charge in [-0.1, -0.05) is 19.3 Å². The Labute approximate surface area is 198 Å². The minimum Gasteiger partial charge on any atom is -0.466 e. The second-order valence-corrected chi connectivity index (χ2v) is 8.75. The van der Waals surface area contributed by atoms with Crippen LogP contribution in [-0.4, -0.2) is 68.4 Å². The van der Waals surface area contributed by atoms with Crippen molar-refractivity contribution >= 4 is 29.9 Å². The molecule has 172 valence electrons. The van der Waals surface area contributed by atoms with Crippen molar-refractivity contribution in [1.29, 1.82) is 0 Å². The second-order valence-electron chi connectivity index (χ2n) is 8.75. The van der Waals surface area contributed by atoms with Crippen molar-refractivity contribution < 1.29 is 14.3 Å². The van der Waals surface area contributed by atoms with Crippen LogP contribution in [0.1, 0.15) is 51.7 Å². The molecule has 2 fully saturated rings. The maximum absolute atomic E-state index is 10.7. The first-order valence-electron chi connectivity index (χ1n) is 11.1. The standard InChI is InChI=1S/C22H38N4O3.HI/c1-3-23-20(24-16-21(2,27)19-8-7-13-29-19)25-17-22(9-5-4-6-10-22)18-26-11-14-28-15-12-26;/h7-8,13,27H,3-6,9-12,14-18H2,1-2H3,(H2,23,24,25);1H. The van der Waals surface area contributed by atoms with Crippen molar-refractivity contribution in [2.45, 2.75) is 51.6 Å². The Morgan fingerprint density at radius 2 is 1.97 bits per heavy atom.